The smallest absolute Gasteiger partial charge is 0.338 e. The minimum absolute atomic E-state index is 0.0120. The molecule has 1 amide bonds. The Hall–Kier alpha value is -2.78. The third-order valence-corrected chi connectivity index (χ3v) is 7.12. The molecule has 0 radical (unpaired) electrons. The van der Waals surface area contributed by atoms with Crippen molar-refractivity contribution < 1.29 is 22.7 Å². The number of hydrogen-bond acceptors (Lipinski definition) is 5. The van der Waals surface area contributed by atoms with Gasteiger partial charge < -0.3 is 10.1 Å². The summed E-state index contributed by atoms with van der Waals surface area (Å²) in [4.78, 5) is 24.5. The van der Waals surface area contributed by atoms with Gasteiger partial charge in [0, 0.05) is 5.56 Å². The van der Waals surface area contributed by atoms with Crippen LogP contribution in [-0.4, -0.2) is 33.2 Å². The third-order valence-electron chi connectivity index (χ3n) is 4.87. The molecule has 0 unspecified atom stereocenters. The lowest BCUT2D eigenvalue weighted by atomic mass is 10.1. The molecule has 0 saturated heterocycles. The second-order valence-electron chi connectivity index (χ2n) is 7.41. The van der Waals surface area contributed by atoms with Crippen LogP contribution in [0.25, 0.3) is 0 Å². The molecule has 0 saturated carbocycles. The van der Waals surface area contributed by atoms with Crippen molar-refractivity contribution in [2.24, 2.45) is 0 Å². The van der Waals surface area contributed by atoms with Gasteiger partial charge in [0.25, 0.3) is 5.91 Å². The zero-order chi connectivity index (χ0) is 25.8. The molecule has 7 nitrogen and oxygen atoms in total. The van der Waals surface area contributed by atoms with E-state index in [1.165, 1.54) is 18.2 Å². The average Bonchev–Trinajstić information content (AvgIpc) is 2.80. The summed E-state index contributed by atoms with van der Waals surface area (Å²) in [5.74, 6) is -0.940. The number of carbonyl (C=O) groups is 2. The predicted molar refractivity (Wildman–Crippen MR) is 139 cm³/mol. The molecule has 0 fully saturated rings. The molecule has 0 spiro atoms. The number of amides is 1. The molecule has 0 atom stereocenters. The van der Waals surface area contributed by atoms with Gasteiger partial charge in [0.2, 0.25) is 10.0 Å². The highest BCUT2D eigenvalue weighted by Crippen LogP contribution is 2.34. The Morgan fingerprint density at radius 2 is 1.60 bits per heavy atom. The minimum Gasteiger partial charge on any atom is -0.462 e. The fourth-order valence-electron chi connectivity index (χ4n) is 3.15. The van der Waals surface area contributed by atoms with Crippen LogP contribution in [0.3, 0.4) is 0 Å². The van der Waals surface area contributed by atoms with Gasteiger partial charge in [-0.25, -0.2) is 13.2 Å². The number of benzene rings is 3. The molecule has 0 aliphatic carbocycles. The molecular formula is C24H21Cl3N2O5S. The number of nitrogens with one attached hydrogen (secondary N) is 1. The van der Waals surface area contributed by atoms with E-state index >= 15 is 0 Å². The van der Waals surface area contributed by atoms with Gasteiger partial charge in [0.1, 0.15) is 0 Å². The number of esters is 1. The van der Waals surface area contributed by atoms with Crippen molar-refractivity contribution in [2.75, 3.05) is 22.5 Å². The summed E-state index contributed by atoms with van der Waals surface area (Å²) < 4.78 is 30.9. The van der Waals surface area contributed by atoms with Crippen molar-refractivity contribution in [3.8, 4) is 0 Å². The van der Waals surface area contributed by atoms with Crippen molar-refractivity contribution in [2.45, 2.75) is 13.5 Å². The summed E-state index contributed by atoms with van der Waals surface area (Å²) in [6.07, 6.45) is 1.07. The van der Waals surface area contributed by atoms with E-state index in [0.717, 1.165) is 10.6 Å². The first-order valence-electron chi connectivity index (χ1n) is 10.3. The fraction of sp³-hybridized carbons (Fsp3) is 0.167. The summed E-state index contributed by atoms with van der Waals surface area (Å²) in [5, 5.41) is 3.23. The monoisotopic (exact) mass is 554 g/mol. The van der Waals surface area contributed by atoms with E-state index in [2.05, 4.69) is 5.32 Å². The molecule has 0 aromatic heterocycles. The van der Waals surface area contributed by atoms with Gasteiger partial charge in [0.05, 0.1) is 51.4 Å². The minimum atomic E-state index is -3.68. The van der Waals surface area contributed by atoms with Gasteiger partial charge in [-0.3, -0.25) is 9.10 Å². The number of halogens is 3. The largest absolute Gasteiger partial charge is 0.462 e. The summed E-state index contributed by atoms with van der Waals surface area (Å²) in [6.45, 7) is 1.92. The Balaban J connectivity index is 1.76. The number of carbonyl (C=O) groups excluding carboxylic acids is 2. The summed E-state index contributed by atoms with van der Waals surface area (Å²) in [7, 11) is -3.68. The number of sulfonamides is 1. The van der Waals surface area contributed by atoms with Gasteiger partial charge in [-0.2, -0.15) is 0 Å². The summed E-state index contributed by atoms with van der Waals surface area (Å²) >= 11 is 18.5. The highest BCUT2D eigenvalue weighted by molar-refractivity contribution is 7.92. The number of hydrogen-bond donors (Lipinski definition) is 1. The van der Waals surface area contributed by atoms with Crippen LogP contribution in [0.15, 0.2) is 60.7 Å². The molecule has 11 heteroatoms. The van der Waals surface area contributed by atoms with Gasteiger partial charge in [-0.15, -0.1) is 0 Å². The first kappa shape index (κ1) is 26.8. The number of anilines is 2. The quantitative estimate of drug-likeness (QED) is 0.342. The van der Waals surface area contributed by atoms with Crippen LogP contribution in [0.1, 0.15) is 33.2 Å². The van der Waals surface area contributed by atoms with E-state index in [1.54, 1.807) is 49.4 Å². The summed E-state index contributed by atoms with van der Waals surface area (Å²) in [6, 6.07) is 15.6. The maximum Gasteiger partial charge on any atom is 0.338 e. The average molecular weight is 556 g/mol. The van der Waals surface area contributed by atoms with Gasteiger partial charge in [-0.1, -0.05) is 53.0 Å². The number of nitrogens with zero attached hydrogens (tertiary/aromatic N) is 1. The van der Waals surface area contributed by atoms with Gasteiger partial charge in [-0.05, 0) is 55.0 Å². The number of ether oxygens (including phenoxy) is 1. The molecule has 3 aromatic carbocycles. The lowest BCUT2D eigenvalue weighted by molar-refractivity contribution is 0.0526. The molecule has 0 bridgehead atoms. The lowest BCUT2D eigenvalue weighted by Crippen LogP contribution is -2.29. The van der Waals surface area contributed by atoms with Crippen molar-refractivity contribution in [1.82, 2.24) is 0 Å². The topological polar surface area (TPSA) is 92.8 Å². The Morgan fingerprint density at radius 3 is 2.20 bits per heavy atom. The van der Waals surface area contributed by atoms with E-state index in [0.29, 0.717) is 16.8 Å². The fourth-order valence-corrected chi connectivity index (χ4v) is 4.71. The van der Waals surface area contributed by atoms with Gasteiger partial charge in [0.15, 0.2) is 0 Å². The van der Waals surface area contributed by atoms with E-state index in [4.69, 9.17) is 39.5 Å². The van der Waals surface area contributed by atoms with E-state index in [-0.39, 0.29) is 39.5 Å². The Kier molecular flexibility index (Phi) is 8.66. The van der Waals surface area contributed by atoms with Crippen LogP contribution < -0.4 is 9.62 Å². The van der Waals surface area contributed by atoms with E-state index in [9.17, 15) is 18.0 Å². The van der Waals surface area contributed by atoms with Crippen molar-refractivity contribution in [1.29, 1.82) is 0 Å². The van der Waals surface area contributed by atoms with Crippen LogP contribution in [0.2, 0.25) is 15.1 Å². The molecular weight excluding hydrogens is 535 g/mol. The Bertz CT molecular complexity index is 1360. The Labute approximate surface area is 218 Å². The molecule has 35 heavy (non-hydrogen) atoms. The van der Waals surface area contributed by atoms with Crippen LogP contribution in [-0.2, 0) is 21.3 Å². The first-order chi connectivity index (χ1) is 16.5. The van der Waals surface area contributed by atoms with Crippen LogP contribution in [0, 0.1) is 0 Å². The second kappa shape index (κ2) is 11.3. The highest BCUT2D eigenvalue weighted by atomic mass is 35.5. The Morgan fingerprint density at radius 1 is 0.943 bits per heavy atom. The van der Waals surface area contributed by atoms with Crippen molar-refractivity contribution in [3.05, 3.63) is 92.4 Å². The molecule has 3 aromatic rings. The van der Waals surface area contributed by atoms with Gasteiger partial charge >= 0.3 is 5.97 Å². The zero-order valence-electron chi connectivity index (χ0n) is 18.7. The third kappa shape index (κ3) is 6.67. The van der Waals surface area contributed by atoms with Crippen LogP contribution in [0.5, 0.6) is 0 Å². The predicted octanol–water partition coefficient (Wildman–Crippen LogP) is 6.04. The van der Waals surface area contributed by atoms with E-state index in [1.807, 2.05) is 0 Å². The van der Waals surface area contributed by atoms with Crippen LogP contribution >= 0.6 is 34.8 Å². The van der Waals surface area contributed by atoms with Crippen LogP contribution in [0.4, 0.5) is 11.4 Å². The molecule has 0 aliphatic rings. The van der Waals surface area contributed by atoms with Crippen molar-refractivity contribution in [3.63, 3.8) is 0 Å². The molecule has 1 N–H and O–H groups in total. The zero-order valence-corrected chi connectivity index (χ0v) is 21.8. The maximum atomic E-state index is 12.7. The molecule has 0 aliphatic heterocycles. The molecule has 0 heterocycles. The van der Waals surface area contributed by atoms with Crippen molar-refractivity contribution >= 4 is 68.1 Å². The summed E-state index contributed by atoms with van der Waals surface area (Å²) in [5.41, 5.74) is 1.80. The number of rotatable bonds is 8. The second-order valence-corrected chi connectivity index (χ2v) is 10.5. The standard InChI is InChI=1S/C24H21Cl3N2O5S/c1-3-34-24(31)17-11-12-20(19(26)13-17)28-23(30)16-9-7-15(8-10-16)14-29(35(2,32)33)21-6-4-5-18(25)22(21)27/h4-13H,3,14H2,1-2H3,(H,28,30). The molecule has 184 valence electrons. The molecule has 3 rings (SSSR count). The van der Waals surface area contributed by atoms with E-state index < -0.39 is 21.9 Å². The first-order valence-corrected chi connectivity index (χ1v) is 13.3. The lowest BCUT2D eigenvalue weighted by Gasteiger charge is -2.24. The highest BCUT2D eigenvalue weighted by Gasteiger charge is 2.22. The maximum absolute atomic E-state index is 12.7. The normalized spacial score (nSPS) is 11.1. The SMILES string of the molecule is CCOC(=O)c1ccc(NC(=O)c2ccc(CN(c3cccc(Cl)c3Cl)S(C)(=O)=O)cc2)c(Cl)c1.